The molecular weight excluding hydrogens is 261 g/mol. The van der Waals surface area contributed by atoms with Crippen molar-refractivity contribution >= 4 is 17.3 Å². The summed E-state index contributed by atoms with van der Waals surface area (Å²) >= 11 is 6.15. The molecule has 3 rings (SSSR count). The lowest BCUT2D eigenvalue weighted by molar-refractivity contribution is 0.155. The molecule has 0 radical (unpaired) electrons. The van der Waals surface area contributed by atoms with E-state index in [1.165, 1.54) is 31.4 Å². The number of nitrogens with one attached hydrogen (secondary N) is 1. The molecule has 104 valence electrons. The first-order chi connectivity index (χ1) is 8.83. The molecular formula is C16H21ClFN. The number of benzene rings is 1. The minimum atomic E-state index is -0.283. The largest absolute Gasteiger partial charge is 0.380 e. The highest BCUT2D eigenvalue weighted by Gasteiger charge is 2.59. The van der Waals surface area contributed by atoms with Crippen LogP contribution in [0.25, 0.3) is 0 Å². The Hall–Kier alpha value is -0.760. The summed E-state index contributed by atoms with van der Waals surface area (Å²) in [5, 5.41) is 4.07. The van der Waals surface area contributed by atoms with Crippen molar-refractivity contribution in [1.82, 2.24) is 0 Å². The Morgan fingerprint density at radius 2 is 2.05 bits per heavy atom. The Morgan fingerprint density at radius 1 is 1.32 bits per heavy atom. The lowest BCUT2D eigenvalue weighted by atomic mass is 9.68. The highest BCUT2D eigenvalue weighted by molar-refractivity contribution is 6.33. The predicted octanol–water partition coefficient (Wildman–Crippen LogP) is 5.11. The molecule has 19 heavy (non-hydrogen) atoms. The van der Waals surface area contributed by atoms with Crippen molar-refractivity contribution in [3.05, 3.63) is 29.0 Å². The monoisotopic (exact) mass is 281 g/mol. The van der Waals surface area contributed by atoms with Crippen molar-refractivity contribution in [3.8, 4) is 0 Å². The number of anilines is 1. The Labute approximate surface area is 119 Å². The first-order valence-corrected chi connectivity index (χ1v) is 7.42. The molecule has 1 nitrogen and oxygen atoms in total. The molecule has 1 aromatic rings. The molecule has 0 spiro atoms. The van der Waals surface area contributed by atoms with Gasteiger partial charge in [0.25, 0.3) is 0 Å². The van der Waals surface area contributed by atoms with Crippen LogP contribution in [0.15, 0.2) is 18.2 Å². The first kappa shape index (κ1) is 13.2. The van der Waals surface area contributed by atoms with Crippen LogP contribution in [0.3, 0.4) is 0 Å². The van der Waals surface area contributed by atoms with Crippen LogP contribution in [0.4, 0.5) is 10.1 Å². The molecule has 0 heterocycles. The summed E-state index contributed by atoms with van der Waals surface area (Å²) in [6, 6.07) is 5.01. The quantitative estimate of drug-likeness (QED) is 0.795. The molecule has 1 aromatic carbocycles. The Bertz CT molecular complexity index is 509. The maximum atomic E-state index is 13.1. The summed E-state index contributed by atoms with van der Waals surface area (Å²) in [6.07, 6.45) is 3.90. The van der Waals surface area contributed by atoms with E-state index in [0.717, 1.165) is 11.6 Å². The average molecular weight is 282 g/mol. The van der Waals surface area contributed by atoms with Gasteiger partial charge in [0.05, 0.1) is 10.7 Å². The van der Waals surface area contributed by atoms with Crippen LogP contribution < -0.4 is 5.32 Å². The second-order valence-corrected chi connectivity index (χ2v) is 7.52. The molecule has 2 aliphatic rings. The van der Waals surface area contributed by atoms with Crippen LogP contribution >= 0.6 is 11.6 Å². The zero-order chi connectivity index (χ0) is 13.8. The summed E-state index contributed by atoms with van der Waals surface area (Å²) in [5.41, 5.74) is 1.46. The molecule has 3 atom stereocenters. The third-order valence-corrected chi connectivity index (χ3v) is 5.81. The van der Waals surface area contributed by atoms with Gasteiger partial charge >= 0.3 is 0 Å². The molecule has 0 aliphatic heterocycles. The minimum absolute atomic E-state index is 0.269. The first-order valence-electron chi connectivity index (χ1n) is 7.04. The van der Waals surface area contributed by atoms with E-state index in [-0.39, 0.29) is 11.2 Å². The van der Waals surface area contributed by atoms with Gasteiger partial charge in [-0.1, -0.05) is 32.4 Å². The van der Waals surface area contributed by atoms with Gasteiger partial charge in [-0.05, 0) is 54.2 Å². The highest BCUT2D eigenvalue weighted by atomic mass is 35.5. The molecule has 2 saturated carbocycles. The van der Waals surface area contributed by atoms with E-state index >= 15 is 0 Å². The number of halogens is 2. The summed E-state index contributed by atoms with van der Waals surface area (Å²) in [7, 11) is 0. The van der Waals surface area contributed by atoms with Crippen molar-refractivity contribution in [3.63, 3.8) is 0 Å². The van der Waals surface area contributed by atoms with Gasteiger partial charge in [-0.15, -0.1) is 0 Å². The average Bonchev–Trinajstić information content (AvgIpc) is 2.78. The lowest BCUT2D eigenvalue weighted by Gasteiger charge is -2.43. The smallest absolute Gasteiger partial charge is 0.124 e. The Kier molecular flexibility index (Phi) is 2.87. The fourth-order valence-electron chi connectivity index (χ4n) is 4.42. The van der Waals surface area contributed by atoms with Crippen LogP contribution in [0.2, 0.25) is 5.02 Å². The Balaban J connectivity index is 1.90. The van der Waals surface area contributed by atoms with Crippen molar-refractivity contribution in [2.24, 2.45) is 16.7 Å². The number of hydrogen-bond donors (Lipinski definition) is 1. The number of rotatable bonds is 2. The van der Waals surface area contributed by atoms with Crippen molar-refractivity contribution in [1.29, 1.82) is 0 Å². The van der Waals surface area contributed by atoms with E-state index in [0.29, 0.717) is 16.5 Å². The van der Waals surface area contributed by atoms with Crippen LogP contribution in [0.5, 0.6) is 0 Å². The fraction of sp³-hybridized carbons (Fsp3) is 0.625. The SMILES string of the molecule is CC1(C)C(Nc2ccc(F)cc2Cl)[C@]2(C)CC[C@H]1C2. The molecule has 1 N–H and O–H groups in total. The minimum Gasteiger partial charge on any atom is -0.380 e. The van der Waals surface area contributed by atoms with Gasteiger partial charge in [0.1, 0.15) is 5.82 Å². The third kappa shape index (κ3) is 1.96. The topological polar surface area (TPSA) is 12.0 Å². The third-order valence-electron chi connectivity index (χ3n) is 5.50. The van der Waals surface area contributed by atoms with Crippen molar-refractivity contribution < 1.29 is 4.39 Å². The Morgan fingerprint density at radius 3 is 2.63 bits per heavy atom. The molecule has 0 saturated heterocycles. The summed E-state index contributed by atoms with van der Waals surface area (Å²) in [4.78, 5) is 0. The maximum Gasteiger partial charge on any atom is 0.124 e. The molecule has 3 heteroatoms. The van der Waals surface area contributed by atoms with Crippen LogP contribution in [-0.4, -0.2) is 6.04 Å². The second-order valence-electron chi connectivity index (χ2n) is 7.12. The second kappa shape index (κ2) is 4.12. The van der Waals surface area contributed by atoms with E-state index in [2.05, 4.69) is 26.1 Å². The lowest BCUT2D eigenvalue weighted by Crippen LogP contribution is -2.45. The van der Waals surface area contributed by atoms with Gasteiger partial charge in [-0.3, -0.25) is 0 Å². The van der Waals surface area contributed by atoms with Gasteiger partial charge in [-0.25, -0.2) is 4.39 Å². The maximum absolute atomic E-state index is 13.1. The molecule has 2 fully saturated rings. The van der Waals surface area contributed by atoms with E-state index in [1.54, 1.807) is 6.07 Å². The van der Waals surface area contributed by atoms with Crippen molar-refractivity contribution in [2.75, 3.05) is 5.32 Å². The molecule has 2 bridgehead atoms. The molecule has 1 unspecified atom stereocenters. The number of hydrogen-bond acceptors (Lipinski definition) is 1. The van der Waals surface area contributed by atoms with Crippen LogP contribution in [0.1, 0.15) is 40.0 Å². The summed E-state index contributed by atoms with van der Waals surface area (Å²) < 4.78 is 13.1. The summed E-state index contributed by atoms with van der Waals surface area (Å²) in [6.45, 7) is 7.06. The van der Waals surface area contributed by atoms with Gasteiger partial charge in [0, 0.05) is 6.04 Å². The van der Waals surface area contributed by atoms with Gasteiger partial charge in [0.15, 0.2) is 0 Å². The highest BCUT2D eigenvalue weighted by Crippen LogP contribution is 2.63. The van der Waals surface area contributed by atoms with E-state index < -0.39 is 0 Å². The molecule has 0 amide bonds. The predicted molar refractivity (Wildman–Crippen MR) is 78.0 cm³/mol. The van der Waals surface area contributed by atoms with Crippen LogP contribution in [0, 0.1) is 22.6 Å². The normalized spacial score (nSPS) is 35.6. The van der Waals surface area contributed by atoms with Crippen molar-refractivity contribution in [2.45, 2.75) is 46.1 Å². The summed E-state index contributed by atoms with van der Waals surface area (Å²) in [5.74, 6) is 0.503. The fourth-order valence-corrected chi connectivity index (χ4v) is 4.65. The zero-order valence-electron chi connectivity index (χ0n) is 11.8. The van der Waals surface area contributed by atoms with Crippen LogP contribution in [-0.2, 0) is 0 Å². The standard InChI is InChI=1S/C16H21ClFN/c1-15(2)10-6-7-16(3,9-10)14(15)19-13-5-4-11(18)8-12(13)17/h4-5,8,10,14,19H,6-7,9H2,1-3H3/t10-,14?,16+/m0/s1. The van der Waals surface area contributed by atoms with E-state index in [9.17, 15) is 4.39 Å². The van der Waals surface area contributed by atoms with Gasteiger partial charge in [-0.2, -0.15) is 0 Å². The zero-order valence-corrected chi connectivity index (χ0v) is 12.5. The molecule has 2 aliphatic carbocycles. The number of fused-ring (bicyclic) bond motifs is 2. The van der Waals surface area contributed by atoms with Gasteiger partial charge in [0.2, 0.25) is 0 Å². The van der Waals surface area contributed by atoms with E-state index in [1.807, 2.05) is 0 Å². The van der Waals surface area contributed by atoms with E-state index in [4.69, 9.17) is 11.6 Å². The van der Waals surface area contributed by atoms with Gasteiger partial charge < -0.3 is 5.32 Å². The molecule has 0 aromatic heterocycles.